The Balaban J connectivity index is 1.59. The molecule has 0 spiro atoms. The van der Waals surface area contributed by atoms with Gasteiger partial charge in [-0.2, -0.15) is 0 Å². The number of thioether (sulfide) groups is 1. The second-order valence-corrected chi connectivity index (χ2v) is 8.63. The molecule has 1 aliphatic rings. The fourth-order valence-corrected chi connectivity index (χ4v) is 4.25. The molecular weight excluding hydrogens is 454 g/mol. The first-order valence-electron chi connectivity index (χ1n) is 9.17. The van der Waals surface area contributed by atoms with Gasteiger partial charge in [0.15, 0.2) is 0 Å². The zero-order valence-corrected chi connectivity index (χ0v) is 18.8. The van der Waals surface area contributed by atoms with E-state index < -0.39 is 11.8 Å². The van der Waals surface area contributed by atoms with Gasteiger partial charge in [-0.15, -0.1) is 0 Å². The van der Waals surface area contributed by atoms with Gasteiger partial charge in [0, 0.05) is 0 Å². The van der Waals surface area contributed by atoms with Gasteiger partial charge in [-0.1, -0.05) is 84.1 Å². The van der Waals surface area contributed by atoms with Gasteiger partial charge in [0.05, 0.1) is 15.5 Å². The number of rotatable bonds is 5. The number of thiocarbonyl (C=S) groups is 1. The van der Waals surface area contributed by atoms with Crippen molar-refractivity contribution in [2.24, 2.45) is 0 Å². The standard InChI is InChI=1S/C22H18ClN3O3S2/c1-14(11-15-7-3-2-4-8-15)12-18-21(29)26(22(30)31-18)13-19(27)24-25-20(28)16-9-5-6-10-17(16)23/h2-12H,13H2,1H3,(H,24,27)(H,25,28). The zero-order valence-electron chi connectivity index (χ0n) is 16.4. The van der Waals surface area contributed by atoms with Crippen molar-refractivity contribution >= 4 is 63.7 Å². The lowest BCUT2D eigenvalue weighted by Crippen LogP contribution is -2.47. The highest BCUT2D eigenvalue weighted by molar-refractivity contribution is 8.26. The lowest BCUT2D eigenvalue weighted by Gasteiger charge is -2.14. The average molecular weight is 472 g/mol. The second-order valence-electron chi connectivity index (χ2n) is 6.55. The van der Waals surface area contributed by atoms with Crippen molar-refractivity contribution in [2.75, 3.05) is 6.54 Å². The number of halogens is 1. The van der Waals surface area contributed by atoms with E-state index in [-0.39, 0.29) is 27.4 Å². The number of nitrogens with zero attached hydrogens (tertiary/aromatic N) is 1. The SMILES string of the molecule is CC(=Cc1ccccc1)C=C1SC(=S)N(CC(=O)NNC(=O)c2ccccc2Cl)C1=O. The maximum atomic E-state index is 12.7. The highest BCUT2D eigenvalue weighted by Gasteiger charge is 2.33. The lowest BCUT2D eigenvalue weighted by atomic mass is 10.1. The molecule has 0 radical (unpaired) electrons. The van der Waals surface area contributed by atoms with Crippen molar-refractivity contribution in [1.29, 1.82) is 0 Å². The number of hydrogen-bond donors (Lipinski definition) is 2. The Morgan fingerprint density at radius 2 is 1.77 bits per heavy atom. The van der Waals surface area contributed by atoms with Crippen LogP contribution < -0.4 is 10.9 Å². The molecule has 0 aliphatic carbocycles. The highest BCUT2D eigenvalue weighted by Crippen LogP contribution is 2.31. The molecule has 0 bridgehead atoms. The van der Waals surface area contributed by atoms with Crippen LogP contribution in [-0.4, -0.2) is 33.5 Å². The summed E-state index contributed by atoms with van der Waals surface area (Å²) < 4.78 is 0.274. The summed E-state index contributed by atoms with van der Waals surface area (Å²) in [6.45, 7) is 1.57. The van der Waals surface area contributed by atoms with E-state index in [0.717, 1.165) is 22.9 Å². The number of nitrogens with one attached hydrogen (secondary N) is 2. The largest absolute Gasteiger partial charge is 0.283 e. The molecule has 3 rings (SSSR count). The third-order valence-corrected chi connectivity index (χ3v) is 5.87. The minimum absolute atomic E-state index is 0.221. The predicted octanol–water partition coefficient (Wildman–Crippen LogP) is 3.95. The van der Waals surface area contributed by atoms with E-state index in [2.05, 4.69) is 10.9 Å². The first-order valence-corrected chi connectivity index (χ1v) is 10.8. The van der Waals surface area contributed by atoms with Crippen LogP contribution in [0.3, 0.4) is 0 Å². The Hall–Kier alpha value is -2.94. The van der Waals surface area contributed by atoms with Gasteiger partial charge < -0.3 is 0 Å². The number of hydrogen-bond acceptors (Lipinski definition) is 5. The topological polar surface area (TPSA) is 78.5 Å². The summed E-state index contributed by atoms with van der Waals surface area (Å²) in [5.74, 6) is -1.51. The Morgan fingerprint density at radius 3 is 2.48 bits per heavy atom. The summed E-state index contributed by atoms with van der Waals surface area (Å²) in [4.78, 5) is 38.7. The van der Waals surface area contributed by atoms with Crippen molar-refractivity contribution in [3.63, 3.8) is 0 Å². The monoisotopic (exact) mass is 471 g/mol. The Bertz CT molecular complexity index is 1100. The first kappa shape index (κ1) is 22.7. The summed E-state index contributed by atoms with van der Waals surface area (Å²) in [5.41, 5.74) is 6.67. The van der Waals surface area contributed by atoms with Crippen LogP contribution in [0.4, 0.5) is 0 Å². The molecule has 0 aromatic heterocycles. The number of carbonyl (C=O) groups is 3. The molecule has 1 saturated heterocycles. The Kier molecular flexibility index (Phi) is 7.62. The number of allylic oxidation sites excluding steroid dienone is 2. The lowest BCUT2D eigenvalue weighted by molar-refractivity contribution is -0.129. The molecular formula is C22H18ClN3O3S2. The van der Waals surface area contributed by atoms with Crippen LogP contribution in [0.1, 0.15) is 22.8 Å². The number of carbonyl (C=O) groups excluding carboxylic acids is 3. The predicted molar refractivity (Wildman–Crippen MR) is 127 cm³/mol. The molecule has 0 saturated carbocycles. The summed E-state index contributed by atoms with van der Waals surface area (Å²) >= 11 is 12.3. The van der Waals surface area contributed by atoms with Crippen molar-refractivity contribution in [3.05, 3.63) is 87.3 Å². The van der Waals surface area contributed by atoms with E-state index in [4.69, 9.17) is 23.8 Å². The van der Waals surface area contributed by atoms with Crippen molar-refractivity contribution < 1.29 is 14.4 Å². The van der Waals surface area contributed by atoms with E-state index in [1.807, 2.05) is 43.3 Å². The Labute approximate surface area is 194 Å². The third-order valence-electron chi connectivity index (χ3n) is 4.16. The van der Waals surface area contributed by atoms with Crippen molar-refractivity contribution in [2.45, 2.75) is 6.92 Å². The number of amides is 3. The van der Waals surface area contributed by atoms with Crippen LogP contribution in [0.5, 0.6) is 0 Å². The summed E-state index contributed by atoms with van der Waals surface area (Å²) in [5, 5.41) is 0.259. The molecule has 1 aliphatic heterocycles. The molecule has 3 amide bonds. The van der Waals surface area contributed by atoms with Gasteiger partial charge in [-0.05, 0) is 36.3 Å². The van der Waals surface area contributed by atoms with Crippen LogP contribution in [0, 0.1) is 0 Å². The van der Waals surface area contributed by atoms with Gasteiger partial charge >= 0.3 is 0 Å². The molecule has 6 nitrogen and oxygen atoms in total. The highest BCUT2D eigenvalue weighted by atomic mass is 35.5. The van der Waals surface area contributed by atoms with Gasteiger partial charge in [0.1, 0.15) is 10.9 Å². The molecule has 31 heavy (non-hydrogen) atoms. The summed E-state index contributed by atoms with van der Waals surface area (Å²) in [6.07, 6.45) is 3.69. The van der Waals surface area contributed by atoms with Gasteiger partial charge in [0.2, 0.25) is 0 Å². The maximum absolute atomic E-state index is 12.7. The van der Waals surface area contributed by atoms with Crippen LogP contribution in [0.25, 0.3) is 6.08 Å². The minimum Gasteiger partial charge on any atom is -0.283 e. The molecule has 9 heteroatoms. The van der Waals surface area contributed by atoms with E-state index >= 15 is 0 Å². The van der Waals surface area contributed by atoms with Crippen molar-refractivity contribution in [1.82, 2.24) is 15.8 Å². The van der Waals surface area contributed by atoms with Crippen LogP contribution in [0.2, 0.25) is 5.02 Å². The number of hydrazine groups is 1. The minimum atomic E-state index is -0.588. The summed E-state index contributed by atoms with van der Waals surface area (Å²) in [7, 11) is 0. The molecule has 1 heterocycles. The van der Waals surface area contributed by atoms with Gasteiger partial charge in [-0.3, -0.25) is 30.1 Å². The molecule has 158 valence electrons. The van der Waals surface area contributed by atoms with E-state index in [1.54, 1.807) is 24.3 Å². The fourth-order valence-electron chi connectivity index (χ4n) is 2.72. The second kappa shape index (κ2) is 10.4. The van der Waals surface area contributed by atoms with E-state index in [1.165, 1.54) is 11.0 Å². The molecule has 2 aromatic rings. The number of benzene rings is 2. The Morgan fingerprint density at radius 1 is 1.10 bits per heavy atom. The molecule has 2 N–H and O–H groups in total. The maximum Gasteiger partial charge on any atom is 0.271 e. The summed E-state index contributed by atoms with van der Waals surface area (Å²) in [6, 6.07) is 16.2. The smallest absolute Gasteiger partial charge is 0.271 e. The van der Waals surface area contributed by atoms with E-state index in [0.29, 0.717) is 4.91 Å². The molecule has 0 unspecified atom stereocenters. The van der Waals surface area contributed by atoms with Crippen LogP contribution in [0.15, 0.2) is 71.2 Å². The van der Waals surface area contributed by atoms with Crippen LogP contribution in [-0.2, 0) is 9.59 Å². The van der Waals surface area contributed by atoms with Gasteiger partial charge in [0.25, 0.3) is 17.7 Å². The average Bonchev–Trinajstić information content (AvgIpc) is 3.00. The third kappa shape index (κ3) is 6.04. The first-order chi connectivity index (χ1) is 14.8. The molecule has 1 fully saturated rings. The van der Waals surface area contributed by atoms with Crippen molar-refractivity contribution in [3.8, 4) is 0 Å². The molecule has 0 atom stereocenters. The van der Waals surface area contributed by atoms with Gasteiger partial charge in [-0.25, -0.2) is 0 Å². The fraction of sp³-hybridized carbons (Fsp3) is 0.0909. The zero-order chi connectivity index (χ0) is 22.4. The quantitative estimate of drug-likeness (QED) is 0.392. The normalized spacial score (nSPS) is 15.4. The van der Waals surface area contributed by atoms with Crippen LogP contribution >= 0.6 is 35.6 Å². The van der Waals surface area contributed by atoms with E-state index in [9.17, 15) is 14.4 Å². The molecule has 2 aromatic carbocycles.